The highest BCUT2D eigenvalue weighted by atomic mass is 32.2. The first-order valence-electron chi connectivity index (χ1n) is 10.7. The molecule has 1 fully saturated rings. The standard InChI is InChI=1S/C23H26N4O3S2/c28-20(8-4-7-18-5-2-1-3-6-18)25-9-11-26(12-10-25)22(30)17-31-16-19-15-21(29)27-13-14-32-23(27)24-19/h1-3,5-6,13-15H,4,7-12,16-17H2. The summed E-state index contributed by atoms with van der Waals surface area (Å²) in [7, 11) is 0. The number of hydrogen-bond donors (Lipinski definition) is 0. The SMILES string of the molecule is O=C(CCCc1ccccc1)N1CCN(C(=O)CSCc2cc(=O)n3ccsc3n2)CC1. The Hall–Kier alpha value is -2.65. The predicted octanol–water partition coefficient (Wildman–Crippen LogP) is 2.68. The molecule has 0 unspecified atom stereocenters. The van der Waals surface area contributed by atoms with Crippen LogP contribution in [0.15, 0.2) is 52.8 Å². The summed E-state index contributed by atoms with van der Waals surface area (Å²) in [5.74, 6) is 1.11. The van der Waals surface area contributed by atoms with Crippen LogP contribution in [0.1, 0.15) is 24.1 Å². The number of carbonyl (C=O) groups is 2. The van der Waals surface area contributed by atoms with Crippen molar-refractivity contribution in [2.75, 3.05) is 31.9 Å². The van der Waals surface area contributed by atoms with Crippen LogP contribution < -0.4 is 5.56 Å². The average Bonchev–Trinajstić information content (AvgIpc) is 3.29. The van der Waals surface area contributed by atoms with E-state index >= 15 is 0 Å². The first-order valence-corrected chi connectivity index (χ1v) is 12.8. The van der Waals surface area contributed by atoms with E-state index in [2.05, 4.69) is 17.1 Å². The molecule has 3 heterocycles. The van der Waals surface area contributed by atoms with E-state index in [0.29, 0.717) is 54.8 Å². The maximum absolute atomic E-state index is 12.5. The Morgan fingerprint density at radius 1 is 1.03 bits per heavy atom. The summed E-state index contributed by atoms with van der Waals surface area (Å²) in [6.07, 6.45) is 4.00. The fourth-order valence-electron chi connectivity index (χ4n) is 3.75. The van der Waals surface area contributed by atoms with Crippen molar-refractivity contribution >= 4 is 39.9 Å². The van der Waals surface area contributed by atoms with Crippen LogP contribution in [0, 0.1) is 0 Å². The summed E-state index contributed by atoms with van der Waals surface area (Å²) in [4.78, 5) is 45.9. The average molecular weight is 471 g/mol. The van der Waals surface area contributed by atoms with Crippen LogP contribution in [0.3, 0.4) is 0 Å². The van der Waals surface area contributed by atoms with Crippen molar-refractivity contribution in [2.45, 2.75) is 25.0 Å². The fourth-order valence-corrected chi connectivity index (χ4v) is 5.30. The lowest BCUT2D eigenvalue weighted by molar-refractivity contribution is -0.138. The number of piperazine rings is 1. The minimum Gasteiger partial charge on any atom is -0.339 e. The summed E-state index contributed by atoms with van der Waals surface area (Å²) >= 11 is 2.89. The lowest BCUT2D eigenvalue weighted by Crippen LogP contribution is -2.51. The van der Waals surface area contributed by atoms with Gasteiger partial charge >= 0.3 is 0 Å². The first kappa shape index (κ1) is 22.5. The molecule has 0 bridgehead atoms. The summed E-state index contributed by atoms with van der Waals surface area (Å²) in [6.45, 7) is 2.33. The third-order valence-electron chi connectivity index (χ3n) is 5.52. The number of nitrogens with zero attached hydrogens (tertiary/aromatic N) is 4. The second-order valence-electron chi connectivity index (χ2n) is 7.73. The van der Waals surface area contributed by atoms with E-state index in [1.165, 1.54) is 39.1 Å². The quantitative estimate of drug-likeness (QED) is 0.506. The molecule has 32 heavy (non-hydrogen) atoms. The minimum absolute atomic E-state index is 0.0695. The highest BCUT2D eigenvalue weighted by Crippen LogP contribution is 2.14. The number of fused-ring (bicyclic) bond motifs is 1. The minimum atomic E-state index is -0.0947. The second-order valence-corrected chi connectivity index (χ2v) is 9.59. The highest BCUT2D eigenvalue weighted by molar-refractivity contribution is 7.99. The summed E-state index contributed by atoms with van der Waals surface area (Å²) < 4.78 is 1.52. The van der Waals surface area contributed by atoms with Gasteiger partial charge in [0.15, 0.2) is 4.96 Å². The second kappa shape index (κ2) is 10.8. The molecule has 1 aliphatic heterocycles. The van der Waals surface area contributed by atoms with Gasteiger partial charge in [-0.1, -0.05) is 30.3 Å². The van der Waals surface area contributed by atoms with Gasteiger partial charge in [0.25, 0.3) is 5.56 Å². The van der Waals surface area contributed by atoms with E-state index < -0.39 is 0 Å². The molecule has 9 heteroatoms. The highest BCUT2D eigenvalue weighted by Gasteiger charge is 2.23. The van der Waals surface area contributed by atoms with Crippen LogP contribution in [0.4, 0.5) is 0 Å². The van der Waals surface area contributed by atoms with Crippen LogP contribution in [0.5, 0.6) is 0 Å². The number of aromatic nitrogens is 2. The fraction of sp³-hybridized carbons (Fsp3) is 0.391. The van der Waals surface area contributed by atoms with Crippen LogP contribution in [-0.2, 0) is 21.8 Å². The van der Waals surface area contributed by atoms with E-state index in [9.17, 15) is 14.4 Å². The molecule has 0 N–H and O–H groups in total. The zero-order valence-electron chi connectivity index (χ0n) is 17.8. The molecule has 0 saturated carbocycles. The van der Waals surface area contributed by atoms with Gasteiger partial charge in [0.1, 0.15) is 0 Å². The molecule has 0 spiro atoms. The van der Waals surface area contributed by atoms with Gasteiger partial charge < -0.3 is 9.80 Å². The van der Waals surface area contributed by atoms with Gasteiger partial charge in [0.2, 0.25) is 11.8 Å². The van der Waals surface area contributed by atoms with Crippen LogP contribution >= 0.6 is 23.1 Å². The zero-order valence-corrected chi connectivity index (χ0v) is 19.4. The molecule has 0 atom stereocenters. The number of rotatable bonds is 8. The molecule has 2 aromatic heterocycles. The maximum atomic E-state index is 12.5. The number of aryl methyl sites for hydroxylation is 1. The van der Waals surface area contributed by atoms with Crippen LogP contribution in [0.25, 0.3) is 4.96 Å². The van der Waals surface area contributed by atoms with Gasteiger partial charge in [-0.3, -0.25) is 18.8 Å². The Balaban J connectivity index is 1.16. The molecule has 168 valence electrons. The van der Waals surface area contributed by atoms with Gasteiger partial charge in [0.05, 0.1) is 11.4 Å². The number of thiazole rings is 1. The normalized spacial score (nSPS) is 14.1. The number of thioether (sulfide) groups is 1. The van der Waals surface area contributed by atoms with Gasteiger partial charge in [0, 0.05) is 56.0 Å². The van der Waals surface area contributed by atoms with E-state index in [0.717, 1.165) is 12.8 Å². The van der Waals surface area contributed by atoms with E-state index in [1.807, 2.05) is 33.4 Å². The lowest BCUT2D eigenvalue weighted by atomic mass is 10.1. The molecule has 0 radical (unpaired) electrons. The molecular weight excluding hydrogens is 444 g/mol. The third-order valence-corrected chi connectivity index (χ3v) is 7.22. The van der Waals surface area contributed by atoms with Crippen LogP contribution in [0.2, 0.25) is 0 Å². The zero-order chi connectivity index (χ0) is 22.3. The van der Waals surface area contributed by atoms with Gasteiger partial charge in [-0.05, 0) is 18.4 Å². The van der Waals surface area contributed by atoms with E-state index in [-0.39, 0.29) is 17.4 Å². The van der Waals surface area contributed by atoms with Crippen molar-refractivity contribution in [3.05, 3.63) is 69.6 Å². The van der Waals surface area contributed by atoms with Crippen molar-refractivity contribution in [1.82, 2.24) is 19.2 Å². The lowest BCUT2D eigenvalue weighted by Gasteiger charge is -2.34. The number of hydrogen-bond acceptors (Lipinski definition) is 6. The topological polar surface area (TPSA) is 75.0 Å². The van der Waals surface area contributed by atoms with Crippen molar-refractivity contribution in [3.63, 3.8) is 0 Å². The number of carbonyl (C=O) groups excluding carboxylic acids is 2. The van der Waals surface area contributed by atoms with E-state index in [4.69, 9.17) is 0 Å². The Bertz CT molecular complexity index is 1120. The molecule has 3 aromatic rings. The molecular formula is C23H26N4O3S2. The van der Waals surface area contributed by atoms with Crippen molar-refractivity contribution in [1.29, 1.82) is 0 Å². The largest absolute Gasteiger partial charge is 0.339 e. The Morgan fingerprint density at radius 3 is 2.50 bits per heavy atom. The van der Waals surface area contributed by atoms with Crippen LogP contribution in [-0.4, -0.2) is 62.9 Å². The van der Waals surface area contributed by atoms with Gasteiger partial charge in [-0.2, -0.15) is 0 Å². The summed E-state index contributed by atoms with van der Waals surface area (Å²) in [6, 6.07) is 11.7. The van der Waals surface area contributed by atoms with Crippen molar-refractivity contribution < 1.29 is 9.59 Å². The smallest absolute Gasteiger partial charge is 0.258 e. The summed E-state index contributed by atoms with van der Waals surface area (Å²) in [5, 5.41) is 1.83. The molecule has 0 aliphatic carbocycles. The van der Waals surface area contributed by atoms with E-state index in [1.54, 1.807) is 6.20 Å². The molecule has 4 rings (SSSR count). The Labute approximate surface area is 195 Å². The predicted molar refractivity (Wildman–Crippen MR) is 128 cm³/mol. The molecule has 1 saturated heterocycles. The first-order chi connectivity index (χ1) is 15.6. The molecule has 1 aromatic carbocycles. The summed E-state index contributed by atoms with van der Waals surface area (Å²) in [5.41, 5.74) is 1.85. The molecule has 7 nitrogen and oxygen atoms in total. The number of amides is 2. The maximum Gasteiger partial charge on any atom is 0.258 e. The Morgan fingerprint density at radius 2 is 1.75 bits per heavy atom. The Kier molecular flexibility index (Phi) is 7.59. The number of benzene rings is 1. The molecule has 2 amide bonds. The van der Waals surface area contributed by atoms with Crippen molar-refractivity contribution in [2.24, 2.45) is 0 Å². The monoisotopic (exact) mass is 470 g/mol. The van der Waals surface area contributed by atoms with Gasteiger partial charge in [-0.15, -0.1) is 23.1 Å². The molecule has 1 aliphatic rings. The third kappa shape index (κ3) is 5.77. The van der Waals surface area contributed by atoms with Crippen molar-refractivity contribution in [3.8, 4) is 0 Å². The van der Waals surface area contributed by atoms with Gasteiger partial charge in [-0.25, -0.2) is 4.98 Å².